The van der Waals surface area contributed by atoms with Crippen molar-refractivity contribution in [3.8, 4) is 0 Å². The second-order valence-electron chi connectivity index (χ2n) is 3.98. The van der Waals surface area contributed by atoms with Crippen LogP contribution in [0.5, 0.6) is 0 Å². The third-order valence-corrected chi connectivity index (χ3v) is 5.20. The average Bonchev–Trinajstić information content (AvgIpc) is 2.28. The average molecular weight is 329 g/mol. The fraction of sp³-hybridized carbons (Fsp3) is 1.00. The number of unbranched alkanes of at least 4 members (excludes halogenated alkanes) is 5. The number of hydrogen-bond donors (Lipinski definition) is 0. The Bertz CT molecular complexity index is 202. The zero-order valence-corrected chi connectivity index (χ0v) is 13.6. The second-order valence-corrected chi connectivity index (χ2v) is 6.96. The molecule has 0 bridgehead atoms. The van der Waals surface area contributed by atoms with Crippen molar-refractivity contribution >= 4 is 23.5 Å². The summed E-state index contributed by atoms with van der Waals surface area (Å²) in [5.41, 5.74) is 0. The maximum Gasteiger partial charge on any atom is 0.330 e. The van der Waals surface area contributed by atoms with E-state index in [1.54, 1.807) is 0 Å². The van der Waals surface area contributed by atoms with Gasteiger partial charge in [0.25, 0.3) is 0 Å². The van der Waals surface area contributed by atoms with Crippen LogP contribution in [0.4, 0.5) is 0 Å². The van der Waals surface area contributed by atoms with E-state index in [1.807, 2.05) is 13.8 Å². The largest absolute Gasteiger partial charge is 0.330 e. The van der Waals surface area contributed by atoms with Gasteiger partial charge in [-0.1, -0.05) is 41.6 Å². The van der Waals surface area contributed by atoms with Crippen molar-refractivity contribution in [1.29, 1.82) is 0 Å². The van der Waals surface area contributed by atoms with E-state index in [0.29, 0.717) is 19.4 Å². The van der Waals surface area contributed by atoms with Crippen LogP contribution in [0, 0.1) is 0 Å². The summed E-state index contributed by atoms with van der Waals surface area (Å²) >= 11 is 3.42. The molecule has 0 radical (unpaired) electrons. The summed E-state index contributed by atoms with van der Waals surface area (Å²) in [6, 6.07) is 0. The minimum atomic E-state index is -2.79. The summed E-state index contributed by atoms with van der Waals surface area (Å²) in [4.78, 5) is 0. The number of alkyl halides is 1. The van der Waals surface area contributed by atoms with Gasteiger partial charge in [0.2, 0.25) is 0 Å². The Balaban J connectivity index is 3.58. The minimum Gasteiger partial charge on any atom is -0.309 e. The quantitative estimate of drug-likeness (QED) is 0.287. The van der Waals surface area contributed by atoms with Crippen LogP contribution in [0.25, 0.3) is 0 Å². The molecule has 0 rings (SSSR count). The van der Waals surface area contributed by atoms with Crippen LogP contribution in [0.15, 0.2) is 0 Å². The minimum absolute atomic E-state index is 0.461. The Hall–Kier alpha value is 0.630. The highest BCUT2D eigenvalue weighted by Gasteiger charge is 2.22. The highest BCUT2D eigenvalue weighted by molar-refractivity contribution is 9.09. The van der Waals surface area contributed by atoms with E-state index in [4.69, 9.17) is 9.05 Å². The number of rotatable bonds is 12. The fourth-order valence-corrected chi connectivity index (χ4v) is 3.79. The molecule has 17 heavy (non-hydrogen) atoms. The molecule has 0 aromatic rings. The van der Waals surface area contributed by atoms with Crippen LogP contribution in [-0.2, 0) is 13.6 Å². The predicted octanol–water partition coefficient (Wildman–Crippen LogP) is 4.99. The van der Waals surface area contributed by atoms with Crippen molar-refractivity contribution in [3.05, 3.63) is 0 Å². The maximum absolute atomic E-state index is 12.1. The van der Waals surface area contributed by atoms with Crippen LogP contribution in [0.1, 0.15) is 52.4 Å². The summed E-state index contributed by atoms with van der Waals surface area (Å²) in [6.45, 7) is 4.63. The number of hydrogen-bond acceptors (Lipinski definition) is 3. The highest BCUT2D eigenvalue weighted by atomic mass is 79.9. The lowest BCUT2D eigenvalue weighted by Gasteiger charge is -2.16. The second kappa shape index (κ2) is 11.7. The molecule has 0 saturated heterocycles. The summed E-state index contributed by atoms with van der Waals surface area (Å²) < 4.78 is 22.6. The molecule has 0 N–H and O–H groups in total. The molecule has 0 aliphatic heterocycles. The van der Waals surface area contributed by atoms with E-state index in [2.05, 4.69) is 15.9 Å². The summed E-state index contributed by atoms with van der Waals surface area (Å²) in [6.07, 6.45) is 7.62. The van der Waals surface area contributed by atoms with Gasteiger partial charge in [0, 0.05) is 5.33 Å². The SMILES string of the molecule is CCOP(=O)(CCCCCCCCBr)OCC. The molecular weight excluding hydrogens is 303 g/mol. The normalized spacial score (nSPS) is 11.9. The zero-order chi connectivity index (χ0) is 13.0. The van der Waals surface area contributed by atoms with Gasteiger partial charge in [-0.2, -0.15) is 0 Å². The monoisotopic (exact) mass is 328 g/mol. The first-order chi connectivity index (χ1) is 8.18. The Labute approximate surface area is 114 Å². The Kier molecular flexibility index (Phi) is 12.1. The topological polar surface area (TPSA) is 35.5 Å². The Morgan fingerprint density at radius 1 is 0.882 bits per heavy atom. The molecule has 0 aliphatic carbocycles. The van der Waals surface area contributed by atoms with E-state index in [1.165, 1.54) is 25.7 Å². The Morgan fingerprint density at radius 2 is 1.35 bits per heavy atom. The van der Waals surface area contributed by atoms with Crippen molar-refractivity contribution < 1.29 is 13.6 Å². The maximum atomic E-state index is 12.1. The zero-order valence-electron chi connectivity index (χ0n) is 11.1. The lowest BCUT2D eigenvalue weighted by atomic mass is 10.1. The molecule has 0 aliphatic rings. The van der Waals surface area contributed by atoms with Crippen LogP contribution >= 0.6 is 23.5 Å². The molecule has 0 amide bonds. The molecule has 0 heterocycles. The molecule has 0 saturated carbocycles. The van der Waals surface area contributed by atoms with Gasteiger partial charge < -0.3 is 9.05 Å². The van der Waals surface area contributed by atoms with Gasteiger partial charge >= 0.3 is 7.60 Å². The van der Waals surface area contributed by atoms with Crippen molar-refractivity contribution in [2.45, 2.75) is 52.4 Å². The lowest BCUT2D eigenvalue weighted by molar-refractivity contribution is 0.219. The van der Waals surface area contributed by atoms with Crippen LogP contribution < -0.4 is 0 Å². The first-order valence-electron chi connectivity index (χ1n) is 6.62. The summed E-state index contributed by atoms with van der Waals surface area (Å²) in [5.74, 6) is 0. The smallest absolute Gasteiger partial charge is 0.309 e. The molecule has 0 aromatic heterocycles. The molecular formula is C12H26BrO3P. The van der Waals surface area contributed by atoms with Crippen molar-refractivity contribution in [2.75, 3.05) is 24.7 Å². The number of halogens is 1. The van der Waals surface area contributed by atoms with Crippen molar-refractivity contribution in [3.63, 3.8) is 0 Å². The van der Waals surface area contributed by atoms with Gasteiger partial charge in [-0.05, 0) is 26.7 Å². The van der Waals surface area contributed by atoms with E-state index in [9.17, 15) is 4.57 Å². The molecule has 0 aromatic carbocycles. The molecule has 0 unspecified atom stereocenters. The Morgan fingerprint density at radius 3 is 1.82 bits per heavy atom. The van der Waals surface area contributed by atoms with Gasteiger partial charge in [0.05, 0.1) is 19.4 Å². The van der Waals surface area contributed by atoms with Crippen LogP contribution in [0.3, 0.4) is 0 Å². The van der Waals surface area contributed by atoms with Crippen LogP contribution in [0.2, 0.25) is 0 Å². The van der Waals surface area contributed by atoms with Gasteiger partial charge in [-0.15, -0.1) is 0 Å². The summed E-state index contributed by atoms with van der Waals surface area (Å²) in [7, 11) is -2.79. The highest BCUT2D eigenvalue weighted by Crippen LogP contribution is 2.48. The molecule has 0 atom stereocenters. The third-order valence-electron chi connectivity index (χ3n) is 2.47. The van der Waals surface area contributed by atoms with E-state index in [0.717, 1.165) is 18.2 Å². The van der Waals surface area contributed by atoms with E-state index in [-0.39, 0.29) is 0 Å². The van der Waals surface area contributed by atoms with Crippen molar-refractivity contribution in [1.82, 2.24) is 0 Å². The molecule has 5 heteroatoms. The molecule has 3 nitrogen and oxygen atoms in total. The van der Waals surface area contributed by atoms with Gasteiger partial charge in [-0.25, -0.2) is 0 Å². The lowest BCUT2D eigenvalue weighted by Crippen LogP contribution is -2.00. The van der Waals surface area contributed by atoms with E-state index < -0.39 is 7.60 Å². The van der Waals surface area contributed by atoms with E-state index >= 15 is 0 Å². The standard InChI is InChI=1S/C12H26BrO3P/c1-3-15-17(14,16-4-2)12-10-8-6-5-7-9-11-13/h3-12H2,1-2H3. The molecule has 0 fully saturated rings. The first kappa shape index (κ1) is 17.6. The first-order valence-corrected chi connectivity index (χ1v) is 9.47. The molecule has 0 spiro atoms. The summed E-state index contributed by atoms with van der Waals surface area (Å²) in [5, 5.41) is 1.09. The van der Waals surface area contributed by atoms with Gasteiger partial charge in [0.15, 0.2) is 0 Å². The third kappa shape index (κ3) is 10.3. The molecule has 104 valence electrons. The van der Waals surface area contributed by atoms with Crippen molar-refractivity contribution in [2.24, 2.45) is 0 Å². The van der Waals surface area contributed by atoms with Crippen LogP contribution in [-0.4, -0.2) is 24.7 Å². The van der Waals surface area contributed by atoms with Gasteiger partial charge in [-0.3, -0.25) is 4.57 Å². The van der Waals surface area contributed by atoms with Gasteiger partial charge in [0.1, 0.15) is 0 Å². The fourth-order valence-electron chi connectivity index (χ4n) is 1.67. The predicted molar refractivity (Wildman–Crippen MR) is 77.2 cm³/mol.